The van der Waals surface area contributed by atoms with Crippen LogP contribution in [0, 0.1) is 6.92 Å². The molecule has 1 aliphatic rings. The minimum atomic E-state index is -0.458. The number of nitrogen functional groups attached to an aromatic ring is 1. The molecule has 0 bridgehead atoms. The predicted molar refractivity (Wildman–Crippen MR) is 61.0 cm³/mol. The molecule has 7 nitrogen and oxygen atoms in total. The van der Waals surface area contributed by atoms with Crippen molar-refractivity contribution in [3.63, 3.8) is 0 Å². The number of carbonyl (C=O) groups excluding carboxylic acids is 2. The van der Waals surface area contributed by atoms with Crippen molar-refractivity contribution >= 4 is 23.6 Å². The van der Waals surface area contributed by atoms with E-state index >= 15 is 0 Å². The fraction of sp³-hybridized carbons (Fsp3) is 0.400. The van der Waals surface area contributed by atoms with E-state index in [9.17, 15) is 9.59 Å². The quantitative estimate of drug-likeness (QED) is 0.601. The first kappa shape index (κ1) is 11.3. The first-order valence-electron chi connectivity index (χ1n) is 5.25. The van der Waals surface area contributed by atoms with Gasteiger partial charge in [-0.3, -0.25) is 14.9 Å². The fourth-order valence-corrected chi connectivity index (χ4v) is 1.60. The van der Waals surface area contributed by atoms with Crippen LogP contribution in [-0.2, 0) is 9.59 Å². The Kier molecular flexibility index (Phi) is 2.90. The summed E-state index contributed by atoms with van der Waals surface area (Å²) in [4.78, 5) is 30.4. The number of nitrogens with two attached hydrogens (primary N) is 1. The highest BCUT2D eigenvalue weighted by atomic mass is 16.2. The zero-order valence-corrected chi connectivity index (χ0v) is 9.36. The van der Waals surface area contributed by atoms with Gasteiger partial charge in [0, 0.05) is 18.2 Å². The third-order valence-electron chi connectivity index (χ3n) is 2.54. The van der Waals surface area contributed by atoms with Gasteiger partial charge in [0.1, 0.15) is 11.9 Å². The molecule has 0 aromatic carbocycles. The monoisotopic (exact) mass is 235 g/mol. The van der Waals surface area contributed by atoms with E-state index in [0.29, 0.717) is 18.7 Å². The SMILES string of the molecule is Cc1cnc(N)nc1NC1CCC(=O)NC1=O. The first-order chi connectivity index (χ1) is 8.06. The van der Waals surface area contributed by atoms with E-state index in [4.69, 9.17) is 5.73 Å². The number of imide groups is 1. The van der Waals surface area contributed by atoms with Crippen LogP contribution in [0.3, 0.4) is 0 Å². The van der Waals surface area contributed by atoms with E-state index in [1.165, 1.54) is 0 Å². The third-order valence-corrected chi connectivity index (χ3v) is 2.54. The maximum absolute atomic E-state index is 11.5. The van der Waals surface area contributed by atoms with E-state index in [2.05, 4.69) is 20.6 Å². The van der Waals surface area contributed by atoms with Crippen molar-refractivity contribution < 1.29 is 9.59 Å². The van der Waals surface area contributed by atoms with E-state index in [-0.39, 0.29) is 17.8 Å². The molecule has 4 N–H and O–H groups in total. The number of aryl methyl sites for hydroxylation is 1. The third kappa shape index (κ3) is 2.49. The topological polar surface area (TPSA) is 110 Å². The van der Waals surface area contributed by atoms with Crippen molar-refractivity contribution in [2.75, 3.05) is 11.1 Å². The van der Waals surface area contributed by atoms with Crippen LogP contribution in [0.1, 0.15) is 18.4 Å². The summed E-state index contributed by atoms with van der Waals surface area (Å²) >= 11 is 0. The average molecular weight is 235 g/mol. The molecule has 1 saturated heterocycles. The maximum Gasteiger partial charge on any atom is 0.249 e. The minimum Gasteiger partial charge on any atom is -0.368 e. The lowest BCUT2D eigenvalue weighted by atomic mass is 10.1. The molecule has 1 aliphatic heterocycles. The molecular weight excluding hydrogens is 222 g/mol. The molecule has 1 unspecified atom stereocenters. The lowest BCUT2D eigenvalue weighted by molar-refractivity contribution is -0.133. The summed E-state index contributed by atoms with van der Waals surface area (Å²) in [5.41, 5.74) is 6.27. The van der Waals surface area contributed by atoms with Gasteiger partial charge in [-0.15, -0.1) is 0 Å². The number of amides is 2. The molecule has 1 fully saturated rings. The zero-order valence-electron chi connectivity index (χ0n) is 9.36. The first-order valence-corrected chi connectivity index (χ1v) is 5.25. The summed E-state index contributed by atoms with van der Waals surface area (Å²) < 4.78 is 0. The van der Waals surface area contributed by atoms with Gasteiger partial charge in [0.05, 0.1) is 0 Å². The molecule has 1 aromatic heterocycles. The Morgan fingerprint density at radius 1 is 1.53 bits per heavy atom. The highest BCUT2D eigenvalue weighted by Crippen LogP contribution is 2.15. The second-order valence-corrected chi connectivity index (χ2v) is 3.91. The molecule has 0 spiro atoms. The molecule has 2 amide bonds. The van der Waals surface area contributed by atoms with Crippen molar-refractivity contribution in [1.29, 1.82) is 0 Å². The normalized spacial score (nSPS) is 19.9. The summed E-state index contributed by atoms with van der Waals surface area (Å²) in [6.45, 7) is 1.81. The number of piperidine rings is 1. The minimum absolute atomic E-state index is 0.144. The van der Waals surface area contributed by atoms with Crippen LogP contribution >= 0.6 is 0 Å². The van der Waals surface area contributed by atoms with Crippen LogP contribution in [0.25, 0.3) is 0 Å². The van der Waals surface area contributed by atoms with Gasteiger partial charge >= 0.3 is 0 Å². The molecular formula is C10H13N5O2. The van der Waals surface area contributed by atoms with Crippen LogP contribution in [0.2, 0.25) is 0 Å². The lowest BCUT2D eigenvalue weighted by Crippen LogP contribution is -2.47. The molecule has 17 heavy (non-hydrogen) atoms. The smallest absolute Gasteiger partial charge is 0.249 e. The number of anilines is 2. The molecule has 2 rings (SSSR count). The summed E-state index contributed by atoms with van der Waals surface area (Å²) in [5.74, 6) is 0.0854. The number of hydrogen-bond acceptors (Lipinski definition) is 6. The Labute approximate surface area is 97.8 Å². The Bertz CT molecular complexity index is 474. The van der Waals surface area contributed by atoms with Crippen molar-refractivity contribution in [3.05, 3.63) is 11.8 Å². The van der Waals surface area contributed by atoms with Crippen LogP contribution in [0.4, 0.5) is 11.8 Å². The lowest BCUT2D eigenvalue weighted by Gasteiger charge is -2.22. The Morgan fingerprint density at radius 3 is 3.00 bits per heavy atom. The number of aromatic nitrogens is 2. The Balaban J connectivity index is 2.13. The van der Waals surface area contributed by atoms with Gasteiger partial charge in [0.25, 0.3) is 0 Å². The molecule has 90 valence electrons. The zero-order chi connectivity index (χ0) is 12.4. The highest BCUT2D eigenvalue weighted by Gasteiger charge is 2.26. The molecule has 1 aromatic rings. The van der Waals surface area contributed by atoms with Crippen LogP contribution in [0.5, 0.6) is 0 Å². The van der Waals surface area contributed by atoms with E-state index in [1.807, 2.05) is 6.92 Å². The largest absolute Gasteiger partial charge is 0.368 e. The number of nitrogens with zero attached hydrogens (tertiary/aromatic N) is 2. The average Bonchev–Trinajstić information content (AvgIpc) is 2.27. The number of rotatable bonds is 2. The molecule has 0 radical (unpaired) electrons. The van der Waals surface area contributed by atoms with E-state index < -0.39 is 6.04 Å². The van der Waals surface area contributed by atoms with Gasteiger partial charge in [-0.05, 0) is 13.3 Å². The predicted octanol–water partition coefficient (Wildman–Crippen LogP) is -0.416. The van der Waals surface area contributed by atoms with Gasteiger partial charge in [-0.2, -0.15) is 4.98 Å². The van der Waals surface area contributed by atoms with Crippen molar-refractivity contribution in [2.24, 2.45) is 0 Å². The summed E-state index contributed by atoms with van der Waals surface area (Å²) in [5, 5.41) is 5.23. The number of nitrogens with one attached hydrogen (secondary N) is 2. The van der Waals surface area contributed by atoms with Crippen LogP contribution in [0.15, 0.2) is 6.20 Å². The van der Waals surface area contributed by atoms with Crippen molar-refractivity contribution in [1.82, 2.24) is 15.3 Å². The van der Waals surface area contributed by atoms with Gasteiger partial charge < -0.3 is 11.1 Å². The van der Waals surface area contributed by atoms with Crippen LogP contribution in [-0.4, -0.2) is 27.8 Å². The molecule has 2 heterocycles. The Morgan fingerprint density at radius 2 is 2.29 bits per heavy atom. The standard InChI is InChI=1S/C10H13N5O2/c1-5-4-12-10(11)15-8(5)13-6-2-3-7(16)14-9(6)17/h4,6H,2-3H2,1H3,(H,14,16,17)(H3,11,12,13,15). The Hall–Kier alpha value is -2.18. The molecule has 0 aliphatic carbocycles. The molecule has 1 atom stereocenters. The highest BCUT2D eigenvalue weighted by molar-refractivity contribution is 6.01. The van der Waals surface area contributed by atoms with Gasteiger partial charge in [0.2, 0.25) is 17.8 Å². The van der Waals surface area contributed by atoms with Gasteiger partial charge in [-0.1, -0.05) is 0 Å². The van der Waals surface area contributed by atoms with Crippen molar-refractivity contribution in [2.45, 2.75) is 25.8 Å². The maximum atomic E-state index is 11.5. The number of hydrogen-bond donors (Lipinski definition) is 3. The summed E-state index contributed by atoms with van der Waals surface area (Å²) in [6, 6.07) is -0.458. The second kappa shape index (κ2) is 4.36. The van der Waals surface area contributed by atoms with Crippen LogP contribution < -0.4 is 16.4 Å². The molecule has 0 saturated carbocycles. The van der Waals surface area contributed by atoms with Gasteiger partial charge in [-0.25, -0.2) is 4.98 Å². The summed E-state index contributed by atoms with van der Waals surface area (Å²) in [7, 11) is 0. The summed E-state index contributed by atoms with van der Waals surface area (Å²) in [6.07, 6.45) is 2.35. The number of carbonyl (C=O) groups is 2. The fourth-order valence-electron chi connectivity index (χ4n) is 1.60. The van der Waals surface area contributed by atoms with E-state index in [1.54, 1.807) is 6.20 Å². The van der Waals surface area contributed by atoms with Gasteiger partial charge in [0.15, 0.2) is 0 Å². The van der Waals surface area contributed by atoms with E-state index in [0.717, 1.165) is 5.56 Å². The van der Waals surface area contributed by atoms with Crippen molar-refractivity contribution in [3.8, 4) is 0 Å². The second-order valence-electron chi connectivity index (χ2n) is 3.91. The molecule has 7 heteroatoms.